The Balaban J connectivity index is 1.96. The molecule has 2 unspecified atom stereocenters. The summed E-state index contributed by atoms with van der Waals surface area (Å²) in [5.74, 6) is -0.617. The maximum atomic E-state index is 13.7. The summed E-state index contributed by atoms with van der Waals surface area (Å²) in [7, 11) is 1.33. The summed E-state index contributed by atoms with van der Waals surface area (Å²) < 4.78 is 23.6. The van der Waals surface area contributed by atoms with Crippen molar-refractivity contribution in [3.63, 3.8) is 0 Å². The lowest BCUT2D eigenvalue weighted by Gasteiger charge is -2.22. The number of ether oxygens (including phenoxy) is 2. The fourth-order valence-corrected chi connectivity index (χ4v) is 2.24. The zero-order chi connectivity index (χ0) is 18.2. The monoisotopic (exact) mass is 349 g/mol. The Bertz CT molecular complexity index is 695. The number of carbonyl (C=O) groups excluding carboxylic acids is 1. The molecule has 0 radical (unpaired) electrons. The van der Waals surface area contributed by atoms with Crippen molar-refractivity contribution in [1.82, 2.24) is 5.32 Å². The highest BCUT2D eigenvalue weighted by molar-refractivity contribution is 5.67. The van der Waals surface area contributed by atoms with Crippen LogP contribution < -0.4 is 10.1 Å². The fourth-order valence-electron chi connectivity index (χ4n) is 2.24. The van der Waals surface area contributed by atoms with Crippen LogP contribution in [0.3, 0.4) is 0 Å². The van der Waals surface area contributed by atoms with Crippen LogP contribution >= 0.6 is 0 Å². The van der Waals surface area contributed by atoms with E-state index in [2.05, 4.69) is 5.32 Å². The van der Waals surface area contributed by atoms with Gasteiger partial charge < -0.3 is 25.0 Å². The van der Waals surface area contributed by atoms with Crippen molar-refractivity contribution < 1.29 is 28.9 Å². The molecule has 134 valence electrons. The SMILES string of the molecule is COc1ccc(C(O)C(CO)NC(=O)OCc2ccccc2)cc1F. The summed E-state index contributed by atoms with van der Waals surface area (Å²) >= 11 is 0. The number of alkyl carbamates (subject to hydrolysis) is 1. The highest BCUT2D eigenvalue weighted by Gasteiger charge is 2.24. The first-order chi connectivity index (χ1) is 12.0. The van der Waals surface area contributed by atoms with Gasteiger partial charge in [-0.15, -0.1) is 0 Å². The largest absolute Gasteiger partial charge is 0.494 e. The van der Waals surface area contributed by atoms with Crippen molar-refractivity contribution in [1.29, 1.82) is 0 Å². The Morgan fingerprint density at radius 2 is 1.96 bits per heavy atom. The number of aliphatic hydroxyl groups excluding tert-OH is 2. The Morgan fingerprint density at radius 3 is 2.56 bits per heavy atom. The van der Waals surface area contributed by atoms with Crippen LogP contribution in [0.2, 0.25) is 0 Å². The predicted octanol–water partition coefficient (Wildman–Crippen LogP) is 2.16. The smallest absolute Gasteiger partial charge is 0.407 e. The lowest BCUT2D eigenvalue weighted by atomic mass is 10.0. The lowest BCUT2D eigenvalue weighted by molar-refractivity contribution is 0.0761. The van der Waals surface area contributed by atoms with Gasteiger partial charge >= 0.3 is 6.09 Å². The van der Waals surface area contributed by atoms with Gasteiger partial charge in [0.15, 0.2) is 11.6 Å². The van der Waals surface area contributed by atoms with Gasteiger partial charge in [0.25, 0.3) is 0 Å². The summed E-state index contributed by atoms with van der Waals surface area (Å²) in [6, 6.07) is 11.9. The number of nitrogens with one attached hydrogen (secondary N) is 1. The average Bonchev–Trinajstić information content (AvgIpc) is 2.64. The second-order valence-electron chi connectivity index (χ2n) is 5.33. The number of methoxy groups -OCH3 is 1. The molecule has 0 aliphatic heterocycles. The summed E-state index contributed by atoms with van der Waals surface area (Å²) in [5, 5.41) is 22.0. The van der Waals surface area contributed by atoms with Crippen molar-refractivity contribution >= 4 is 6.09 Å². The van der Waals surface area contributed by atoms with Gasteiger partial charge in [0.1, 0.15) is 12.7 Å². The summed E-state index contributed by atoms with van der Waals surface area (Å²) in [4.78, 5) is 11.8. The Hall–Kier alpha value is -2.64. The molecule has 0 aliphatic rings. The van der Waals surface area contributed by atoms with Gasteiger partial charge in [-0.2, -0.15) is 0 Å². The first kappa shape index (κ1) is 18.7. The minimum atomic E-state index is -1.31. The number of hydrogen-bond acceptors (Lipinski definition) is 5. The van der Waals surface area contributed by atoms with E-state index in [0.717, 1.165) is 11.6 Å². The summed E-state index contributed by atoms with van der Waals surface area (Å²) in [6.45, 7) is -0.493. The normalized spacial score (nSPS) is 13.0. The molecule has 6 nitrogen and oxygen atoms in total. The molecule has 0 fully saturated rings. The third-order valence-electron chi connectivity index (χ3n) is 3.61. The van der Waals surface area contributed by atoms with Gasteiger partial charge in [-0.1, -0.05) is 36.4 Å². The fraction of sp³-hybridized carbons (Fsp3) is 0.278. The molecule has 2 aromatic carbocycles. The van der Waals surface area contributed by atoms with Gasteiger partial charge in [0.05, 0.1) is 19.8 Å². The number of halogens is 1. The molecule has 0 bridgehead atoms. The first-order valence-electron chi connectivity index (χ1n) is 7.64. The van der Waals surface area contributed by atoms with Gasteiger partial charge in [0.2, 0.25) is 0 Å². The van der Waals surface area contributed by atoms with E-state index in [1.165, 1.54) is 19.2 Å². The standard InChI is InChI=1S/C18H20FNO5/c1-24-16-8-7-13(9-14(16)19)17(22)15(10-21)20-18(23)25-11-12-5-3-2-4-6-12/h2-9,15,17,21-22H,10-11H2,1H3,(H,20,23). The van der Waals surface area contributed by atoms with E-state index in [4.69, 9.17) is 9.47 Å². The molecule has 1 amide bonds. The molecule has 0 aromatic heterocycles. The van der Waals surface area contributed by atoms with Crippen LogP contribution in [0.5, 0.6) is 5.75 Å². The number of amides is 1. The van der Waals surface area contributed by atoms with Crippen molar-refractivity contribution in [2.75, 3.05) is 13.7 Å². The topological polar surface area (TPSA) is 88.0 Å². The second kappa shape index (κ2) is 9.00. The molecule has 2 rings (SSSR count). The van der Waals surface area contributed by atoms with E-state index in [1.807, 2.05) is 18.2 Å². The number of aliphatic hydroxyl groups is 2. The van der Waals surface area contributed by atoms with Gasteiger partial charge in [0, 0.05) is 0 Å². The number of carbonyl (C=O) groups is 1. The van der Waals surface area contributed by atoms with E-state index in [0.29, 0.717) is 0 Å². The molecule has 2 atom stereocenters. The molecule has 0 aliphatic carbocycles. The molecule has 0 spiro atoms. The minimum absolute atomic E-state index is 0.0340. The van der Waals surface area contributed by atoms with Crippen LogP contribution in [-0.2, 0) is 11.3 Å². The molecule has 2 aromatic rings. The Labute approximate surface area is 144 Å². The number of benzene rings is 2. The third kappa shape index (κ3) is 5.17. The molecule has 0 saturated carbocycles. The second-order valence-corrected chi connectivity index (χ2v) is 5.33. The maximum absolute atomic E-state index is 13.7. The van der Waals surface area contributed by atoms with Crippen LogP contribution in [-0.4, -0.2) is 36.1 Å². The molecular formula is C18H20FNO5. The number of rotatable bonds is 7. The van der Waals surface area contributed by atoms with Gasteiger partial charge in [-0.25, -0.2) is 9.18 Å². The molecule has 0 saturated heterocycles. The highest BCUT2D eigenvalue weighted by Crippen LogP contribution is 2.23. The van der Waals surface area contributed by atoms with Crippen molar-refractivity contribution in [2.24, 2.45) is 0 Å². The van der Waals surface area contributed by atoms with Crippen LogP contribution in [0.1, 0.15) is 17.2 Å². The quantitative estimate of drug-likeness (QED) is 0.713. The first-order valence-corrected chi connectivity index (χ1v) is 7.64. The third-order valence-corrected chi connectivity index (χ3v) is 3.61. The van der Waals surface area contributed by atoms with Crippen LogP contribution in [0.4, 0.5) is 9.18 Å². The van der Waals surface area contributed by atoms with Gasteiger partial charge in [-0.3, -0.25) is 0 Å². The zero-order valence-corrected chi connectivity index (χ0v) is 13.7. The number of hydrogen-bond donors (Lipinski definition) is 3. The maximum Gasteiger partial charge on any atom is 0.407 e. The van der Waals surface area contributed by atoms with Gasteiger partial charge in [-0.05, 0) is 23.3 Å². The van der Waals surface area contributed by atoms with Crippen LogP contribution in [0, 0.1) is 5.82 Å². The van der Waals surface area contributed by atoms with Crippen LogP contribution in [0.15, 0.2) is 48.5 Å². The Kier molecular flexibility index (Phi) is 6.73. The Morgan fingerprint density at radius 1 is 1.24 bits per heavy atom. The molecular weight excluding hydrogens is 329 g/mol. The van der Waals surface area contributed by atoms with Crippen molar-refractivity contribution in [2.45, 2.75) is 18.8 Å². The molecule has 7 heteroatoms. The molecule has 25 heavy (non-hydrogen) atoms. The van der Waals surface area contributed by atoms with E-state index in [9.17, 15) is 19.4 Å². The summed E-state index contributed by atoms with van der Waals surface area (Å²) in [6.07, 6.45) is -2.11. The van der Waals surface area contributed by atoms with E-state index in [-0.39, 0.29) is 17.9 Å². The predicted molar refractivity (Wildman–Crippen MR) is 88.5 cm³/mol. The summed E-state index contributed by atoms with van der Waals surface area (Å²) in [5.41, 5.74) is 0.997. The van der Waals surface area contributed by atoms with Crippen LogP contribution in [0.25, 0.3) is 0 Å². The van der Waals surface area contributed by atoms with Crippen molar-refractivity contribution in [3.05, 3.63) is 65.5 Å². The minimum Gasteiger partial charge on any atom is -0.494 e. The van der Waals surface area contributed by atoms with E-state index >= 15 is 0 Å². The molecule has 0 heterocycles. The average molecular weight is 349 g/mol. The lowest BCUT2D eigenvalue weighted by Crippen LogP contribution is -2.42. The van der Waals surface area contributed by atoms with Crippen molar-refractivity contribution in [3.8, 4) is 5.75 Å². The van der Waals surface area contributed by atoms with E-state index < -0.39 is 30.7 Å². The zero-order valence-electron chi connectivity index (χ0n) is 13.7. The molecule has 3 N–H and O–H groups in total. The highest BCUT2D eigenvalue weighted by atomic mass is 19.1. The van der Waals surface area contributed by atoms with E-state index in [1.54, 1.807) is 12.1 Å².